The van der Waals surface area contributed by atoms with Crippen molar-refractivity contribution in [2.45, 2.75) is 0 Å². The van der Waals surface area contributed by atoms with E-state index in [4.69, 9.17) is 5.11 Å². The van der Waals surface area contributed by atoms with Crippen LogP contribution in [0.4, 0.5) is 5.69 Å². The van der Waals surface area contributed by atoms with Crippen LogP contribution in [0, 0.1) is 10.1 Å². The number of non-ortho nitro benzene ring substituents is 1. The first kappa shape index (κ1) is 11.3. The number of phenols is 1. The summed E-state index contributed by atoms with van der Waals surface area (Å²) in [4.78, 5) is 9.75. The summed E-state index contributed by atoms with van der Waals surface area (Å²) in [6.07, 6.45) is 0. The predicted molar refractivity (Wildman–Crippen MR) is 38.0 cm³/mol. The number of nitro benzene ring substituents is 1. The third kappa shape index (κ3) is 2.42. The maximum absolute atomic E-state index is 10.2. The SMILES string of the molecule is O.O=[N+]([O-])c1ccc(O)[c]([Hg])c1. The normalized spacial score (nSPS) is 8.83. The van der Waals surface area contributed by atoms with Gasteiger partial charge in [-0.25, -0.2) is 0 Å². The zero-order valence-corrected chi connectivity index (χ0v) is 11.6. The molecule has 1 aromatic carbocycles. The van der Waals surface area contributed by atoms with E-state index in [0.717, 1.165) is 0 Å². The minimum absolute atomic E-state index is 0. The number of benzene rings is 1. The van der Waals surface area contributed by atoms with Crippen molar-refractivity contribution in [2.75, 3.05) is 0 Å². The zero-order chi connectivity index (χ0) is 8.43. The van der Waals surface area contributed by atoms with Crippen molar-refractivity contribution in [2.24, 2.45) is 0 Å². The van der Waals surface area contributed by atoms with Gasteiger partial charge in [-0.2, -0.15) is 0 Å². The van der Waals surface area contributed by atoms with Gasteiger partial charge in [-0.15, -0.1) is 0 Å². The number of phenolic OH excluding ortho intramolecular Hbond substituents is 1. The molecule has 0 aromatic heterocycles. The van der Waals surface area contributed by atoms with Gasteiger partial charge in [0, 0.05) is 0 Å². The molecule has 1 rings (SSSR count). The number of hydrogen-bond donors (Lipinski definition) is 1. The Hall–Kier alpha value is -0.685. The van der Waals surface area contributed by atoms with E-state index in [1.54, 1.807) is 0 Å². The first-order chi connectivity index (χ1) is 5.11. The van der Waals surface area contributed by atoms with E-state index in [1.165, 1.54) is 18.2 Å². The molecular formula is C6H6HgNO4. The maximum atomic E-state index is 10.2. The van der Waals surface area contributed by atoms with Crippen LogP contribution in [-0.2, 0) is 26.1 Å². The molecule has 0 fully saturated rings. The molecule has 0 spiro atoms. The quantitative estimate of drug-likeness (QED) is 0.423. The number of nitro groups is 1. The Labute approximate surface area is 84.4 Å². The number of hydrogen-bond acceptors (Lipinski definition) is 3. The Kier molecular flexibility index (Phi) is 4.12. The molecule has 0 aliphatic carbocycles. The third-order valence-electron chi connectivity index (χ3n) is 1.27. The molecule has 1 aromatic rings. The second-order valence-corrected chi connectivity index (χ2v) is 5.03. The first-order valence-corrected chi connectivity index (χ1v) is 5.65. The van der Waals surface area contributed by atoms with Gasteiger partial charge in [0.05, 0.1) is 0 Å². The second kappa shape index (κ2) is 4.37. The Morgan fingerprint density at radius 3 is 2.50 bits per heavy atom. The van der Waals surface area contributed by atoms with E-state index in [1.807, 2.05) is 0 Å². The summed E-state index contributed by atoms with van der Waals surface area (Å²) in [5.74, 6) is 0.166. The van der Waals surface area contributed by atoms with Crippen LogP contribution in [0.15, 0.2) is 18.2 Å². The van der Waals surface area contributed by atoms with Crippen LogP contribution in [0.25, 0.3) is 0 Å². The van der Waals surface area contributed by atoms with Crippen LogP contribution in [0.5, 0.6) is 5.75 Å². The molecule has 0 bridgehead atoms. The second-order valence-electron chi connectivity index (χ2n) is 2.07. The Morgan fingerprint density at radius 2 is 2.08 bits per heavy atom. The fraction of sp³-hybridized carbons (Fsp3) is 0. The van der Waals surface area contributed by atoms with Gasteiger partial charge >= 0.3 is 79.0 Å². The van der Waals surface area contributed by atoms with Crippen molar-refractivity contribution in [1.82, 2.24) is 0 Å². The van der Waals surface area contributed by atoms with Crippen LogP contribution >= 0.6 is 0 Å². The molecule has 12 heavy (non-hydrogen) atoms. The molecule has 6 heteroatoms. The summed E-state index contributed by atoms with van der Waals surface area (Å²) in [6, 6.07) is 4.07. The van der Waals surface area contributed by atoms with Gasteiger partial charge in [0.15, 0.2) is 0 Å². The van der Waals surface area contributed by atoms with Gasteiger partial charge in [0.25, 0.3) is 0 Å². The molecule has 0 amide bonds. The average molecular weight is 357 g/mol. The van der Waals surface area contributed by atoms with E-state index in [0.29, 0.717) is 3.07 Å². The van der Waals surface area contributed by atoms with Gasteiger partial charge in [0.1, 0.15) is 0 Å². The summed E-state index contributed by atoms with van der Waals surface area (Å²) in [6.45, 7) is 0. The van der Waals surface area contributed by atoms with Crippen molar-refractivity contribution in [3.05, 3.63) is 28.3 Å². The minimum atomic E-state index is -0.462. The van der Waals surface area contributed by atoms with E-state index < -0.39 is 4.92 Å². The van der Waals surface area contributed by atoms with Gasteiger partial charge in [-0.05, 0) is 0 Å². The molecule has 0 unspecified atom stereocenters. The van der Waals surface area contributed by atoms with Gasteiger partial charge in [-0.3, -0.25) is 0 Å². The van der Waals surface area contributed by atoms with Gasteiger partial charge in [0.2, 0.25) is 0 Å². The Balaban J connectivity index is 0.00000121. The summed E-state index contributed by atoms with van der Waals surface area (Å²) < 4.78 is 0.708. The van der Waals surface area contributed by atoms with Crippen molar-refractivity contribution in [3.63, 3.8) is 0 Å². The number of rotatable bonds is 1. The van der Waals surface area contributed by atoms with Crippen LogP contribution in [0.3, 0.4) is 0 Å². The van der Waals surface area contributed by atoms with Crippen LogP contribution in [0.1, 0.15) is 0 Å². The van der Waals surface area contributed by atoms with Crippen LogP contribution in [-0.4, -0.2) is 15.5 Å². The summed E-state index contributed by atoms with van der Waals surface area (Å²) >= 11 is 0.217. The summed E-state index contributed by atoms with van der Waals surface area (Å²) in [5.41, 5.74) is 0.0489. The third-order valence-corrected chi connectivity index (χ3v) is 3.48. The molecule has 0 atom stereocenters. The van der Waals surface area contributed by atoms with E-state index >= 15 is 0 Å². The predicted octanol–water partition coefficient (Wildman–Crippen LogP) is -0.352. The molecule has 5 nitrogen and oxygen atoms in total. The Bertz CT molecular complexity index is 302. The van der Waals surface area contributed by atoms with Gasteiger partial charge < -0.3 is 5.48 Å². The summed E-state index contributed by atoms with van der Waals surface area (Å²) in [7, 11) is 0. The molecule has 0 aliphatic rings. The van der Waals surface area contributed by atoms with E-state index in [-0.39, 0.29) is 43.0 Å². The molecule has 0 aliphatic heterocycles. The molecule has 0 radical (unpaired) electrons. The van der Waals surface area contributed by atoms with Crippen molar-refractivity contribution < 1.29 is 41.6 Å². The fourth-order valence-corrected chi connectivity index (χ4v) is 1.96. The number of aromatic hydroxyl groups is 1. The summed E-state index contributed by atoms with van der Waals surface area (Å²) in [5, 5.41) is 19.3. The molecule has 0 saturated heterocycles. The number of nitrogens with zero attached hydrogens (tertiary/aromatic N) is 1. The van der Waals surface area contributed by atoms with Crippen molar-refractivity contribution >= 4 is 8.76 Å². The average Bonchev–Trinajstić information content (AvgIpc) is 1.94. The van der Waals surface area contributed by atoms with Gasteiger partial charge in [-0.1, -0.05) is 0 Å². The zero-order valence-electron chi connectivity index (χ0n) is 6.15. The molecule has 0 saturated carbocycles. The van der Waals surface area contributed by atoms with Crippen molar-refractivity contribution in [3.8, 4) is 5.75 Å². The topological polar surface area (TPSA) is 94.9 Å². The van der Waals surface area contributed by atoms with E-state index in [9.17, 15) is 10.1 Å². The monoisotopic (exact) mass is 358 g/mol. The standard InChI is InChI=1S/C6H4NO3.Hg.H2O/c8-6-3-1-5(2-4-6)7(9)10;;/h1-3,8H;;1H2. The molecule has 0 heterocycles. The molecular weight excluding hydrogens is 351 g/mol. The first-order valence-electron chi connectivity index (χ1n) is 2.90. The van der Waals surface area contributed by atoms with Crippen molar-refractivity contribution in [1.29, 1.82) is 0 Å². The van der Waals surface area contributed by atoms with Crippen LogP contribution < -0.4 is 3.07 Å². The van der Waals surface area contributed by atoms with Crippen LogP contribution in [0.2, 0.25) is 0 Å². The molecule has 3 N–H and O–H groups in total. The molecule has 61 valence electrons. The van der Waals surface area contributed by atoms with E-state index in [2.05, 4.69) is 0 Å². The fourth-order valence-electron chi connectivity index (χ4n) is 0.685. The Morgan fingerprint density at radius 1 is 1.50 bits per heavy atom.